The SMILES string of the molecule is OC[C@@H]1CCN(Cc2ccc(-c3cccc(Cl)c3Cl)o2)C[C@H]1O. The Bertz CT molecular complexity index is 674. The zero-order valence-electron chi connectivity index (χ0n) is 12.6. The molecule has 6 heteroatoms. The summed E-state index contributed by atoms with van der Waals surface area (Å²) in [6.07, 6.45) is 0.288. The molecule has 2 N–H and O–H groups in total. The lowest BCUT2D eigenvalue weighted by molar-refractivity contribution is -0.00615. The van der Waals surface area contributed by atoms with Crippen molar-refractivity contribution in [2.24, 2.45) is 5.92 Å². The summed E-state index contributed by atoms with van der Waals surface area (Å²) in [4.78, 5) is 2.12. The zero-order chi connectivity index (χ0) is 16.4. The molecule has 0 aliphatic carbocycles. The minimum Gasteiger partial charge on any atom is -0.460 e. The summed E-state index contributed by atoms with van der Waals surface area (Å²) in [6.45, 7) is 2.02. The van der Waals surface area contributed by atoms with Crippen molar-refractivity contribution >= 4 is 23.2 Å². The molecule has 4 nitrogen and oxygen atoms in total. The predicted molar refractivity (Wildman–Crippen MR) is 90.6 cm³/mol. The molecule has 1 saturated heterocycles. The fourth-order valence-corrected chi connectivity index (χ4v) is 3.32. The minimum atomic E-state index is -0.495. The number of nitrogens with zero attached hydrogens (tertiary/aromatic N) is 1. The third-order valence-corrected chi connectivity index (χ3v) is 5.12. The van der Waals surface area contributed by atoms with Crippen molar-refractivity contribution in [2.45, 2.75) is 19.1 Å². The van der Waals surface area contributed by atoms with Crippen LogP contribution in [0.1, 0.15) is 12.2 Å². The number of β-amino-alcohol motifs (C(OH)–C–C–N with tert-alkyl or cyclic N) is 1. The van der Waals surface area contributed by atoms with Gasteiger partial charge >= 0.3 is 0 Å². The van der Waals surface area contributed by atoms with Crippen LogP contribution in [0.5, 0.6) is 0 Å². The van der Waals surface area contributed by atoms with Gasteiger partial charge in [-0.2, -0.15) is 0 Å². The first-order valence-electron chi connectivity index (χ1n) is 7.63. The van der Waals surface area contributed by atoms with Crippen LogP contribution in [-0.4, -0.2) is 40.9 Å². The van der Waals surface area contributed by atoms with E-state index in [0.29, 0.717) is 28.9 Å². The Morgan fingerprint density at radius 2 is 2.04 bits per heavy atom. The Kier molecular flexibility index (Phi) is 5.29. The van der Waals surface area contributed by atoms with Crippen LogP contribution in [0.4, 0.5) is 0 Å². The topological polar surface area (TPSA) is 56.8 Å². The molecule has 2 heterocycles. The van der Waals surface area contributed by atoms with Gasteiger partial charge in [-0.05, 0) is 37.2 Å². The molecular weight excluding hydrogens is 337 g/mol. The molecule has 1 fully saturated rings. The lowest BCUT2D eigenvalue weighted by Crippen LogP contribution is -2.44. The zero-order valence-corrected chi connectivity index (χ0v) is 14.1. The molecule has 2 atom stereocenters. The number of hydrogen-bond acceptors (Lipinski definition) is 4. The van der Waals surface area contributed by atoms with Crippen LogP contribution < -0.4 is 0 Å². The molecule has 0 unspecified atom stereocenters. The predicted octanol–water partition coefficient (Wildman–Crippen LogP) is 3.43. The van der Waals surface area contributed by atoms with Crippen LogP contribution in [0.25, 0.3) is 11.3 Å². The Hall–Kier alpha value is -1.04. The second-order valence-electron chi connectivity index (χ2n) is 5.90. The van der Waals surface area contributed by atoms with Crippen LogP contribution in [0.15, 0.2) is 34.7 Å². The van der Waals surface area contributed by atoms with Gasteiger partial charge in [0.05, 0.1) is 22.7 Å². The Balaban J connectivity index is 1.70. The van der Waals surface area contributed by atoms with Crippen LogP contribution in [0.2, 0.25) is 10.0 Å². The average Bonchev–Trinajstić information content (AvgIpc) is 2.98. The van der Waals surface area contributed by atoms with Gasteiger partial charge in [-0.3, -0.25) is 4.90 Å². The molecule has 0 spiro atoms. The van der Waals surface area contributed by atoms with E-state index in [9.17, 15) is 10.2 Å². The Labute approximate surface area is 145 Å². The molecule has 0 radical (unpaired) electrons. The number of halogens is 2. The van der Waals surface area contributed by atoms with Gasteiger partial charge in [0.15, 0.2) is 0 Å². The van der Waals surface area contributed by atoms with Crippen molar-refractivity contribution in [3.63, 3.8) is 0 Å². The number of aliphatic hydroxyl groups is 2. The number of aliphatic hydroxyl groups excluding tert-OH is 2. The molecule has 1 aromatic carbocycles. The van der Waals surface area contributed by atoms with Crippen LogP contribution >= 0.6 is 23.2 Å². The van der Waals surface area contributed by atoms with Crippen molar-refractivity contribution in [3.05, 3.63) is 46.1 Å². The number of benzene rings is 1. The summed E-state index contributed by atoms with van der Waals surface area (Å²) < 4.78 is 5.88. The molecule has 1 aliphatic rings. The molecule has 0 bridgehead atoms. The first kappa shape index (κ1) is 16.8. The number of likely N-dealkylation sites (tertiary alicyclic amines) is 1. The van der Waals surface area contributed by atoms with Gasteiger partial charge < -0.3 is 14.6 Å². The highest BCUT2D eigenvalue weighted by molar-refractivity contribution is 6.43. The second-order valence-corrected chi connectivity index (χ2v) is 6.69. The lowest BCUT2D eigenvalue weighted by Gasteiger charge is -2.34. The molecule has 3 rings (SSSR count). The second kappa shape index (κ2) is 7.24. The number of piperidine rings is 1. The number of furan rings is 1. The largest absolute Gasteiger partial charge is 0.460 e. The quantitative estimate of drug-likeness (QED) is 0.881. The summed E-state index contributed by atoms with van der Waals surface area (Å²) in [7, 11) is 0. The third kappa shape index (κ3) is 3.73. The van der Waals surface area contributed by atoms with Crippen LogP contribution in [0, 0.1) is 5.92 Å². The monoisotopic (exact) mass is 355 g/mol. The van der Waals surface area contributed by atoms with E-state index in [1.807, 2.05) is 24.3 Å². The van der Waals surface area contributed by atoms with Gasteiger partial charge in [-0.1, -0.05) is 29.3 Å². The van der Waals surface area contributed by atoms with E-state index in [-0.39, 0.29) is 12.5 Å². The highest BCUT2D eigenvalue weighted by Crippen LogP contribution is 2.34. The highest BCUT2D eigenvalue weighted by atomic mass is 35.5. The maximum Gasteiger partial charge on any atom is 0.135 e. The fourth-order valence-electron chi connectivity index (χ4n) is 2.92. The lowest BCUT2D eigenvalue weighted by atomic mass is 9.95. The van der Waals surface area contributed by atoms with Gasteiger partial charge in [0.2, 0.25) is 0 Å². The highest BCUT2D eigenvalue weighted by Gasteiger charge is 2.27. The first-order chi connectivity index (χ1) is 11.1. The van der Waals surface area contributed by atoms with Crippen molar-refractivity contribution in [2.75, 3.05) is 19.7 Å². The number of hydrogen-bond donors (Lipinski definition) is 2. The Morgan fingerprint density at radius 1 is 1.22 bits per heavy atom. The fraction of sp³-hybridized carbons (Fsp3) is 0.412. The molecule has 1 aromatic heterocycles. The van der Waals surface area contributed by atoms with Crippen molar-refractivity contribution in [3.8, 4) is 11.3 Å². The van der Waals surface area contributed by atoms with Crippen LogP contribution in [-0.2, 0) is 6.54 Å². The van der Waals surface area contributed by atoms with Gasteiger partial charge in [-0.25, -0.2) is 0 Å². The van der Waals surface area contributed by atoms with E-state index in [0.717, 1.165) is 24.3 Å². The van der Waals surface area contributed by atoms with Gasteiger partial charge in [0.1, 0.15) is 11.5 Å². The molecule has 0 amide bonds. The maximum atomic E-state index is 10.0. The molecular formula is C17H19Cl2NO3. The smallest absolute Gasteiger partial charge is 0.135 e. The summed E-state index contributed by atoms with van der Waals surface area (Å²) >= 11 is 12.3. The third-order valence-electron chi connectivity index (χ3n) is 4.30. The minimum absolute atomic E-state index is 0.0244. The molecule has 1 aliphatic heterocycles. The van der Waals surface area contributed by atoms with E-state index in [2.05, 4.69) is 4.90 Å². The molecule has 2 aromatic rings. The van der Waals surface area contributed by atoms with E-state index < -0.39 is 6.10 Å². The summed E-state index contributed by atoms with van der Waals surface area (Å²) in [5, 5.41) is 20.2. The first-order valence-corrected chi connectivity index (χ1v) is 8.38. The summed E-state index contributed by atoms with van der Waals surface area (Å²) in [5.74, 6) is 1.47. The summed E-state index contributed by atoms with van der Waals surface area (Å²) in [6, 6.07) is 9.24. The normalized spacial score (nSPS) is 22.4. The van der Waals surface area contributed by atoms with Crippen LogP contribution in [0.3, 0.4) is 0 Å². The van der Waals surface area contributed by atoms with Gasteiger partial charge in [0, 0.05) is 24.6 Å². The Morgan fingerprint density at radius 3 is 2.78 bits per heavy atom. The van der Waals surface area contributed by atoms with E-state index >= 15 is 0 Å². The van der Waals surface area contributed by atoms with Gasteiger partial charge in [-0.15, -0.1) is 0 Å². The summed E-state index contributed by atoms with van der Waals surface area (Å²) in [5.41, 5.74) is 0.768. The van der Waals surface area contributed by atoms with E-state index in [1.165, 1.54) is 0 Å². The van der Waals surface area contributed by atoms with Crippen molar-refractivity contribution in [1.29, 1.82) is 0 Å². The van der Waals surface area contributed by atoms with Gasteiger partial charge in [0.25, 0.3) is 0 Å². The standard InChI is InChI=1S/C17H19Cl2NO3/c18-14-3-1-2-13(17(14)19)16-5-4-12(23-16)8-20-7-6-11(10-21)15(22)9-20/h1-5,11,15,21-22H,6-10H2/t11-,15+/m0/s1. The van der Waals surface area contributed by atoms with Crippen molar-refractivity contribution < 1.29 is 14.6 Å². The number of rotatable bonds is 4. The molecule has 0 saturated carbocycles. The molecule has 124 valence electrons. The van der Waals surface area contributed by atoms with E-state index in [1.54, 1.807) is 6.07 Å². The molecule has 23 heavy (non-hydrogen) atoms. The van der Waals surface area contributed by atoms with E-state index in [4.69, 9.17) is 27.6 Å². The maximum absolute atomic E-state index is 10.0. The van der Waals surface area contributed by atoms with Crippen molar-refractivity contribution in [1.82, 2.24) is 4.90 Å². The average molecular weight is 356 g/mol.